The van der Waals surface area contributed by atoms with E-state index in [1.54, 1.807) is 17.0 Å². The molecule has 0 aliphatic carbocycles. The van der Waals surface area contributed by atoms with Crippen LogP contribution >= 0.6 is 12.2 Å². The molecule has 0 saturated heterocycles. The molecule has 0 spiro atoms. The van der Waals surface area contributed by atoms with Crippen LogP contribution in [0, 0.1) is 4.77 Å². The average molecular weight is 302 g/mol. The number of aromatic amines is 1. The normalized spacial score (nSPS) is 12.7. The van der Waals surface area contributed by atoms with Gasteiger partial charge in [0, 0.05) is 18.0 Å². The SMILES string of the molecule is OCC(O)Cn1c(=S)[nH]c2ccc(-c3ccncc3)nc21. The van der Waals surface area contributed by atoms with Gasteiger partial charge in [-0.15, -0.1) is 0 Å². The lowest BCUT2D eigenvalue weighted by atomic mass is 10.2. The molecule has 0 aliphatic heterocycles. The third-order valence-electron chi connectivity index (χ3n) is 3.20. The van der Waals surface area contributed by atoms with E-state index < -0.39 is 6.10 Å². The molecule has 6 nitrogen and oxygen atoms in total. The minimum atomic E-state index is -0.873. The fourth-order valence-corrected chi connectivity index (χ4v) is 2.42. The second kappa shape index (κ2) is 5.72. The summed E-state index contributed by atoms with van der Waals surface area (Å²) in [6, 6.07) is 7.55. The topological polar surface area (TPSA) is 87.0 Å². The lowest BCUT2D eigenvalue weighted by molar-refractivity contribution is 0.0817. The molecule has 0 radical (unpaired) electrons. The van der Waals surface area contributed by atoms with Gasteiger partial charge in [0.2, 0.25) is 0 Å². The number of imidazole rings is 1. The second-order valence-corrected chi connectivity index (χ2v) is 5.07. The minimum absolute atomic E-state index is 0.197. The van der Waals surface area contributed by atoms with Crippen LogP contribution in [0.15, 0.2) is 36.7 Å². The number of nitrogens with one attached hydrogen (secondary N) is 1. The zero-order chi connectivity index (χ0) is 14.8. The molecular weight excluding hydrogens is 288 g/mol. The first kappa shape index (κ1) is 13.9. The molecule has 21 heavy (non-hydrogen) atoms. The highest BCUT2D eigenvalue weighted by molar-refractivity contribution is 7.71. The van der Waals surface area contributed by atoms with Crippen molar-refractivity contribution < 1.29 is 10.2 Å². The van der Waals surface area contributed by atoms with E-state index in [-0.39, 0.29) is 13.2 Å². The first-order valence-electron chi connectivity index (χ1n) is 6.48. The summed E-state index contributed by atoms with van der Waals surface area (Å²) in [5.41, 5.74) is 3.20. The molecule has 0 saturated carbocycles. The van der Waals surface area contributed by atoms with Crippen LogP contribution < -0.4 is 0 Å². The number of aliphatic hydroxyl groups is 2. The van der Waals surface area contributed by atoms with Crippen LogP contribution in [0.5, 0.6) is 0 Å². The van der Waals surface area contributed by atoms with E-state index in [0.717, 1.165) is 16.8 Å². The predicted molar refractivity (Wildman–Crippen MR) is 81.2 cm³/mol. The summed E-state index contributed by atoms with van der Waals surface area (Å²) in [6.07, 6.45) is 2.54. The van der Waals surface area contributed by atoms with E-state index in [9.17, 15) is 5.11 Å². The van der Waals surface area contributed by atoms with Crippen molar-refractivity contribution in [3.05, 3.63) is 41.4 Å². The summed E-state index contributed by atoms with van der Waals surface area (Å²) in [6.45, 7) is -0.124. The zero-order valence-corrected chi connectivity index (χ0v) is 11.9. The van der Waals surface area contributed by atoms with Crippen molar-refractivity contribution in [2.75, 3.05) is 6.61 Å². The highest BCUT2D eigenvalue weighted by atomic mass is 32.1. The third kappa shape index (κ3) is 2.71. The van der Waals surface area contributed by atoms with Gasteiger partial charge >= 0.3 is 0 Å². The Morgan fingerprint density at radius 1 is 1.24 bits per heavy atom. The standard InChI is InChI=1S/C14H14N4O2S/c19-8-10(20)7-18-13-12(17-14(18)21)2-1-11(16-13)9-3-5-15-6-4-9/h1-6,10,19-20H,7-8H2,(H,17,21). The van der Waals surface area contributed by atoms with Gasteiger partial charge in [0.05, 0.1) is 30.5 Å². The number of nitrogens with zero attached hydrogens (tertiary/aromatic N) is 3. The first-order valence-corrected chi connectivity index (χ1v) is 6.89. The van der Waals surface area contributed by atoms with Crippen LogP contribution in [0.25, 0.3) is 22.4 Å². The van der Waals surface area contributed by atoms with E-state index in [1.807, 2.05) is 24.3 Å². The highest BCUT2D eigenvalue weighted by Crippen LogP contribution is 2.20. The Balaban J connectivity index is 2.12. The Labute approximate surface area is 125 Å². The molecule has 3 aromatic heterocycles. The fourth-order valence-electron chi connectivity index (χ4n) is 2.15. The molecule has 7 heteroatoms. The van der Waals surface area contributed by atoms with Gasteiger partial charge in [0.25, 0.3) is 0 Å². The van der Waals surface area contributed by atoms with Gasteiger partial charge in [-0.3, -0.25) is 9.55 Å². The maximum absolute atomic E-state index is 9.63. The van der Waals surface area contributed by atoms with Crippen LogP contribution in [0.4, 0.5) is 0 Å². The van der Waals surface area contributed by atoms with Crippen LogP contribution in [0.2, 0.25) is 0 Å². The summed E-state index contributed by atoms with van der Waals surface area (Å²) in [5.74, 6) is 0. The van der Waals surface area contributed by atoms with Crippen molar-refractivity contribution in [1.82, 2.24) is 19.5 Å². The number of aliphatic hydroxyl groups excluding tert-OH is 2. The molecule has 1 atom stereocenters. The molecule has 0 aliphatic rings. The monoisotopic (exact) mass is 302 g/mol. The van der Waals surface area contributed by atoms with Crippen molar-refractivity contribution in [1.29, 1.82) is 0 Å². The number of hydrogen-bond acceptors (Lipinski definition) is 5. The molecule has 3 aromatic rings. The number of aromatic nitrogens is 4. The van der Waals surface area contributed by atoms with E-state index in [0.29, 0.717) is 10.4 Å². The molecule has 0 amide bonds. The molecule has 0 fully saturated rings. The molecule has 3 heterocycles. The van der Waals surface area contributed by atoms with Gasteiger partial charge in [-0.25, -0.2) is 4.98 Å². The van der Waals surface area contributed by atoms with E-state index in [1.165, 1.54) is 0 Å². The van der Waals surface area contributed by atoms with Gasteiger partial charge < -0.3 is 15.2 Å². The quantitative estimate of drug-likeness (QED) is 0.636. The summed E-state index contributed by atoms with van der Waals surface area (Å²) in [4.78, 5) is 11.6. The van der Waals surface area contributed by atoms with Crippen molar-refractivity contribution in [2.24, 2.45) is 0 Å². The van der Waals surface area contributed by atoms with Gasteiger partial charge in [0.15, 0.2) is 10.4 Å². The molecule has 0 bridgehead atoms. The second-order valence-electron chi connectivity index (χ2n) is 4.68. The Morgan fingerprint density at radius 3 is 2.71 bits per heavy atom. The Bertz CT molecular complexity index is 813. The molecule has 3 rings (SSSR count). The van der Waals surface area contributed by atoms with Gasteiger partial charge in [-0.2, -0.15) is 0 Å². The van der Waals surface area contributed by atoms with E-state index >= 15 is 0 Å². The van der Waals surface area contributed by atoms with Crippen LogP contribution in [-0.2, 0) is 6.54 Å². The van der Waals surface area contributed by atoms with Crippen molar-refractivity contribution in [3.63, 3.8) is 0 Å². The summed E-state index contributed by atoms with van der Waals surface area (Å²) < 4.78 is 2.16. The Hall–Kier alpha value is -2.09. The molecule has 3 N–H and O–H groups in total. The maximum atomic E-state index is 9.63. The van der Waals surface area contributed by atoms with Crippen LogP contribution in [0.1, 0.15) is 0 Å². The number of pyridine rings is 2. The lowest BCUT2D eigenvalue weighted by Crippen LogP contribution is -2.20. The molecular formula is C14H14N4O2S. The average Bonchev–Trinajstić information content (AvgIpc) is 2.83. The third-order valence-corrected chi connectivity index (χ3v) is 3.52. The molecule has 0 aromatic carbocycles. The van der Waals surface area contributed by atoms with Gasteiger partial charge in [-0.1, -0.05) is 0 Å². The Kier molecular flexibility index (Phi) is 3.78. The lowest BCUT2D eigenvalue weighted by Gasteiger charge is -2.09. The summed E-state index contributed by atoms with van der Waals surface area (Å²) in [5, 5.41) is 18.6. The Morgan fingerprint density at radius 2 is 2.00 bits per heavy atom. The molecule has 108 valence electrons. The number of H-pyrrole nitrogens is 1. The minimum Gasteiger partial charge on any atom is -0.394 e. The van der Waals surface area contributed by atoms with Gasteiger partial charge in [-0.05, 0) is 36.5 Å². The maximum Gasteiger partial charge on any atom is 0.179 e. The summed E-state index contributed by atoms with van der Waals surface area (Å²) in [7, 11) is 0. The predicted octanol–water partition coefficient (Wildman–Crippen LogP) is 1.51. The van der Waals surface area contributed by atoms with E-state index in [4.69, 9.17) is 17.3 Å². The highest BCUT2D eigenvalue weighted by Gasteiger charge is 2.11. The smallest absolute Gasteiger partial charge is 0.179 e. The van der Waals surface area contributed by atoms with Crippen molar-refractivity contribution >= 4 is 23.4 Å². The number of rotatable bonds is 4. The fraction of sp³-hybridized carbons (Fsp3) is 0.214. The van der Waals surface area contributed by atoms with Gasteiger partial charge in [0.1, 0.15) is 0 Å². The van der Waals surface area contributed by atoms with Crippen LogP contribution in [-0.4, -0.2) is 42.4 Å². The first-order chi connectivity index (χ1) is 10.2. The number of fused-ring (bicyclic) bond motifs is 1. The van der Waals surface area contributed by atoms with Crippen LogP contribution in [0.3, 0.4) is 0 Å². The van der Waals surface area contributed by atoms with Crippen molar-refractivity contribution in [3.8, 4) is 11.3 Å². The number of hydrogen-bond donors (Lipinski definition) is 3. The largest absolute Gasteiger partial charge is 0.394 e. The summed E-state index contributed by atoms with van der Waals surface area (Å²) >= 11 is 5.24. The van der Waals surface area contributed by atoms with Crippen molar-refractivity contribution in [2.45, 2.75) is 12.6 Å². The molecule has 1 unspecified atom stereocenters. The van der Waals surface area contributed by atoms with E-state index in [2.05, 4.69) is 15.0 Å². The zero-order valence-electron chi connectivity index (χ0n) is 11.1.